The van der Waals surface area contributed by atoms with Crippen LogP contribution < -0.4 is 4.90 Å². The molecule has 0 bridgehead atoms. The number of rotatable bonds is 5. The number of aryl methyl sites for hydroxylation is 1. The summed E-state index contributed by atoms with van der Waals surface area (Å²) >= 11 is 5.95. The summed E-state index contributed by atoms with van der Waals surface area (Å²) in [6, 6.07) is 14.2. The Balaban J connectivity index is 1.33. The molecular formula is C22H21ClFN3O2. The van der Waals surface area contributed by atoms with E-state index >= 15 is 0 Å². The normalized spacial score (nSPS) is 14.3. The number of carbonyl (C=O) groups is 1. The third-order valence-electron chi connectivity index (χ3n) is 5.20. The molecule has 0 aliphatic carbocycles. The second-order valence-corrected chi connectivity index (χ2v) is 7.45. The highest BCUT2D eigenvalue weighted by atomic mass is 35.5. The van der Waals surface area contributed by atoms with Crippen LogP contribution in [0.25, 0.3) is 11.3 Å². The molecule has 1 amide bonds. The van der Waals surface area contributed by atoms with Gasteiger partial charge < -0.3 is 14.3 Å². The van der Waals surface area contributed by atoms with Crippen LogP contribution in [0.4, 0.5) is 10.1 Å². The van der Waals surface area contributed by atoms with Crippen LogP contribution in [0.15, 0.2) is 59.3 Å². The van der Waals surface area contributed by atoms with Gasteiger partial charge in [-0.2, -0.15) is 0 Å². The van der Waals surface area contributed by atoms with Gasteiger partial charge in [-0.15, -0.1) is 0 Å². The summed E-state index contributed by atoms with van der Waals surface area (Å²) in [5, 5.41) is 4.65. The molecule has 0 saturated carbocycles. The van der Waals surface area contributed by atoms with Crippen molar-refractivity contribution in [3.63, 3.8) is 0 Å². The van der Waals surface area contributed by atoms with Gasteiger partial charge in [0.25, 0.3) is 0 Å². The zero-order valence-corrected chi connectivity index (χ0v) is 16.6. The van der Waals surface area contributed by atoms with Gasteiger partial charge in [-0.3, -0.25) is 4.79 Å². The number of hydrogen-bond acceptors (Lipinski definition) is 4. The van der Waals surface area contributed by atoms with Crippen molar-refractivity contribution in [1.82, 2.24) is 10.1 Å². The first-order valence-corrected chi connectivity index (χ1v) is 9.96. The van der Waals surface area contributed by atoms with Crippen LogP contribution in [0.5, 0.6) is 0 Å². The SMILES string of the molecule is O=C(CCc1conc1-c1ccccc1F)N1CCN(c2ccc(Cl)cc2)CC1. The molecule has 7 heteroatoms. The fraction of sp³-hybridized carbons (Fsp3) is 0.273. The van der Waals surface area contributed by atoms with Gasteiger partial charge in [0, 0.05) is 54.4 Å². The monoisotopic (exact) mass is 413 g/mol. The number of benzene rings is 2. The lowest BCUT2D eigenvalue weighted by Gasteiger charge is -2.36. The van der Waals surface area contributed by atoms with Gasteiger partial charge in [0.15, 0.2) is 0 Å². The predicted octanol–water partition coefficient (Wildman–Crippen LogP) is 4.42. The molecule has 3 aromatic rings. The third-order valence-corrected chi connectivity index (χ3v) is 5.46. The number of anilines is 1. The average molecular weight is 414 g/mol. The number of nitrogens with zero attached hydrogens (tertiary/aromatic N) is 3. The molecule has 29 heavy (non-hydrogen) atoms. The molecule has 4 rings (SSSR count). The molecule has 2 aromatic carbocycles. The van der Waals surface area contributed by atoms with Crippen molar-refractivity contribution >= 4 is 23.2 Å². The number of carbonyl (C=O) groups excluding carboxylic acids is 1. The fourth-order valence-electron chi connectivity index (χ4n) is 3.58. The minimum absolute atomic E-state index is 0.0847. The van der Waals surface area contributed by atoms with Crippen LogP contribution in [0.3, 0.4) is 0 Å². The smallest absolute Gasteiger partial charge is 0.223 e. The summed E-state index contributed by atoms with van der Waals surface area (Å²) in [5.41, 5.74) is 2.70. The lowest BCUT2D eigenvalue weighted by Crippen LogP contribution is -2.48. The second-order valence-electron chi connectivity index (χ2n) is 7.01. The molecule has 0 unspecified atom stereocenters. The van der Waals surface area contributed by atoms with Crippen molar-refractivity contribution in [2.45, 2.75) is 12.8 Å². The maximum absolute atomic E-state index is 14.1. The van der Waals surface area contributed by atoms with Gasteiger partial charge in [-0.1, -0.05) is 28.9 Å². The summed E-state index contributed by atoms with van der Waals surface area (Å²) in [4.78, 5) is 16.8. The largest absolute Gasteiger partial charge is 0.368 e. The van der Waals surface area contributed by atoms with E-state index in [-0.39, 0.29) is 11.7 Å². The van der Waals surface area contributed by atoms with E-state index in [1.165, 1.54) is 12.3 Å². The van der Waals surface area contributed by atoms with Crippen LogP contribution in [0.1, 0.15) is 12.0 Å². The number of halogens is 2. The van der Waals surface area contributed by atoms with E-state index in [1.54, 1.807) is 18.2 Å². The van der Waals surface area contributed by atoms with Crippen LogP contribution in [0, 0.1) is 5.82 Å². The lowest BCUT2D eigenvalue weighted by atomic mass is 10.0. The lowest BCUT2D eigenvalue weighted by molar-refractivity contribution is -0.131. The molecule has 5 nitrogen and oxygen atoms in total. The van der Waals surface area contributed by atoms with Crippen LogP contribution >= 0.6 is 11.6 Å². The van der Waals surface area contributed by atoms with Gasteiger partial charge in [-0.05, 0) is 42.8 Å². The molecule has 150 valence electrons. The van der Waals surface area contributed by atoms with Crippen molar-refractivity contribution < 1.29 is 13.7 Å². The third kappa shape index (κ3) is 4.43. The molecule has 1 fully saturated rings. The van der Waals surface area contributed by atoms with Gasteiger partial charge >= 0.3 is 0 Å². The Hall–Kier alpha value is -2.86. The summed E-state index contributed by atoms with van der Waals surface area (Å²) in [6.07, 6.45) is 2.29. The molecule has 1 aromatic heterocycles. The van der Waals surface area contributed by atoms with Crippen LogP contribution in [-0.2, 0) is 11.2 Å². The van der Waals surface area contributed by atoms with Crippen molar-refractivity contribution in [2.75, 3.05) is 31.1 Å². The van der Waals surface area contributed by atoms with Gasteiger partial charge in [-0.25, -0.2) is 4.39 Å². The quantitative estimate of drug-likeness (QED) is 0.621. The van der Waals surface area contributed by atoms with E-state index in [4.69, 9.17) is 16.1 Å². The second kappa shape index (κ2) is 8.66. The Morgan fingerprint density at radius 2 is 1.79 bits per heavy atom. The van der Waals surface area contributed by atoms with Gasteiger partial charge in [0.1, 0.15) is 17.8 Å². The Labute approximate surface area is 173 Å². The molecule has 1 saturated heterocycles. The van der Waals surface area contributed by atoms with Gasteiger partial charge in [0.2, 0.25) is 5.91 Å². The minimum atomic E-state index is -0.354. The molecule has 2 heterocycles. The predicted molar refractivity (Wildman–Crippen MR) is 110 cm³/mol. The molecule has 0 atom stereocenters. The highest BCUT2D eigenvalue weighted by Crippen LogP contribution is 2.26. The zero-order chi connectivity index (χ0) is 20.2. The molecule has 0 radical (unpaired) electrons. The minimum Gasteiger partial charge on any atom is -0.368 e. The average Bonchev–Trinajstić information content (AvgIpc) is 3.21. The molecule has 1 aliphatic heterocycles. The summed E-state index contributed by atoms with van der Waals surface area (Å²) in [5.74, 6) is -0.270. The van der Waals surface area contributed by atoms with Crippen molar-refractivity contribution in [3.05, 3.63) is 71.2 Å². The number of piperazine rings is 1. The number of amides is 1. The van der Waals surface area contributed by atoms with E-state index in [9.17, 15) is 9.18 Å². The van der Waals surface area contributed by atoms with Crippen molar-refractivity contribution in [3.8, 4) is 11.3 Å². The number of hydrogen-bond donors (Lipinski definition) is 0. The van der Waals surface area contributed by atoms with E-state index in [0.717, 1.165) is 24.3 Å². The zero-order valence-electron chi connectivity index (χ0n) is 15.9. The number of aromatic nitrogens is 1. The molecular weight excluding hydrogens is 393 g/mol. The summed E-state index contributed by atoms with van der Waals surface area (Å²) in [7, 11) is 0. The summed E-state index contributed by atoms with van der Waals surface area (Å²) in [6.45, 7) is 2.90. The molecule has 0 spiro atoms. The fourth-order valence-corrected chi connectivity index (χ4v) is 3.70. The van der Waals surface area contributed by atoms with E-state index in [0.29, 0.717) is 42.2 Å². The highest BCUT2D eigenvalue weighted by molar-refractivity contribution is 6.30. The van der Waals surface area contributed by atoms with Crippen molar-refractivity contribution in [1.29, 1.82) is 0 Å². The van der Waals surface area contributed by atoms with E-state index in [1.807, 2.05) is 29.2 Å². The Bertz CT molecular complexity index is 982. The molecule has 0 N–H and O–H groups in total. The van der Waals surface area contributed by atoms with Crippen molar-refractivity contribution in [2.24, 2.45) is 0 Å². The Kier molecular flexibility index (Phi) is 5.81. The Morgan fingerprint density at radius 3 is 2.52 bits per heavy atom. The summed E-state index contributed by atoms with van der Waals surface area (Å²) < 4.78 is 19.1. The first kappa shape index (κ1) is 19.5. The maximum Gasteiger partial charge on any atom is 0.223 e. The van der Waals surface area contributed by atoms with Gasteiger partial charge in [0.05, 0.1) is 0 Å². The van der Waals surface area contributed by atoms with E-state index in [2.05, 4.69) is 10.1 Å². The van der Waals surface area contributed by atoms with Crippen LogP contribution in [-0.4, -0.2) is 42.1 Å². The van der Waals surface area contributed by atoms with E-state index < -0.39 is 0 Å². The Morgan fingerprint density at radius 1 is 1.07 bits per heavy atom. The first-order chi connectivity index (χ1) is 14.1. The molecule has 1 aliphatic rings. The standard InChI is InChI=1S/C22H21ClFN3O2/c23-17-6-8-18(9-7-17)26-11-13-27(14-12-26)21(28)10-5-16-15-29-25-22(16)19-3-1-2-4-20(19)24/h1-4,6-9,15H,5,10-14H2. The highest BCUT2D eigenvalue weighted by Gasteiger charge is 2.22. The first-order valence-electron chi connectivity index (χ1n) is 9.58. The van der Waals surface area contributed by atoms with Crippen LogP contribution in [0.2, 0.25) is 5.02 Å². The topological polar surface area (TPSA) is 49.6 Å². The maximum atomic E-state index is 14.1.